The highest BCUT2D eigenvalue weighted by molar-refractivity contribution is 5.89. The summed E-state index contributed by atoms with van der Waals surface area (Å²) in [6.07, 6.45) is 5.92. The Morgan fingerprint density at radius 3 is 3.00 bits per heavy atom. The molecule has 2 bridgehead atoms. The molecule has 3 aromatic heterocycles. The highest BCUT2D eigenvalue weighted by atomic mass is 16.7. The largest absolute Gasteiger partial charge is 0.384 e. The number of nitrogens with zero attached hydrogens (tertiary/aromatic N) is 5. The number of hydrogen-bond donors (Lipinski definition) is 4. The Kier molecular flexibility index (Phi) is 4.19. The summed E-state index contributed by atoms with van der Waals surface area (Å²) in [6.45, 7) is 1.15. The van der Waals surface area contributed by atoms with Gasteiger partial charge in [0.05, 0.1) is 30.2 Å². The molecule has 29 heavy (non-hydrogen) atoms. The quantitative estimate of drug-likeness (QED) is 0.483. The van der Waals surface area contributed by atoms with Crippen molar-refractivity contribution >= 4 is 17.9 Å². The molecule has 5 rings (SSSR count). The second kappa shape index (κ2) is 6.76. The summed E-state index contributed by atoms with van der Waals surface area (Å²) in [5.74, 6) is 1.12. The van der Waals surface area contributed by atoms with Crippen molar-refractivity contribution < 1.29 is 9.94 Å². The van der Waals surface area contributed by atoms with E-state index < -0.39 is 5.60 Å². The van der Waals surface area contributed by atoms with Crippen molar-refractivity contribution in [3.63, 3.8) is 0 Å². The van der Waals surface area contributed by atoms with Crippen LogP contribution < -0.4 is 5.32 Å². The average Bonchev–Trinajstić information content (AvgIpc) is 3.43. The molecule has 2 fully saturated rings. The molecule has 10 nitrogen and oxygen atoms in total. The van der Waals surface area contributed by atoms with Gasteiger partial charge in [-0.25, -0.2) is 4.98 Å². The molecule has 0 aromatic carbocycles. The Morgan fingerprint density at radius 2 is 2.31 bits per heavy atom. The van der Waals surface area contributed by atoms with Crippen molar-refractivity contribution in [1.82, 2.24) is 30.0 Å². The minimum Gasteiger partial charge on any atom is -0.384 e. The topological polar surface area (TPSA) is 128 Å². The van der Waals surface area contributed by atoms with E-state index >= 15 is 0 Å². The number of aromatic nitrogens is 5. The van der Waals surface area contributed by atoms with E-state index in [2.05, 4.69) is 20.6 Å². The van der Waals surface area contributed by atoms with Crippen LogP contribution in [0.25, 0.3) is 11.4 Å². The predicted octanol–water partition coefficient (Wildman–Crippen LogP) is 1.54. The molecule has 3 atom stereocenters. The number of pyridine rings is 1. The lowest BCUT2D eigenvalue weighted by molar-refractivity contribution is -0.229. The lowest BCUT2D eigenvalue weighted by Crippen LogP contribution is -2.46. The summed E-state index contributed by atoms with van der Waals surface area (Å²) in [6, 6.07) is 5.51. The van der Waals surface area contributed by atoms with E-state index in [0.717, 1.165) is 18.7 Å². The predicted molar refractivity (Wildman–Crippen MR) is 106 cm³/mol. The third-order valence-corrected chi connectivity index (χ3v) is 5.54. The minimum atomic E-state index is -1.15. The summed E-state index contributed by atoms with van der Waals surface area (Å²) >= 11 is 0. The second-order valence-electron chi connectivity index (χ2n) is 7.51. The fraction of sp³-hybridized carbons (Fsp3) is 0.368. The highest BCUT2D eigenvalue weighted by Gasteiger charge is 2.45. The summed E-state index contributed by atoms with van der Waals surface area (Å²) in [5, 5.41) is 35.8. The van der Waals surface area contributed by atoms with Crippen molar-refractivity contribution in [3.8, 4) is 11.4 Å². The van der Waals surface area contributed by atoms with Crippen molar-refractivity contribution in [2.75, 3.05) is 18.4 Å². The number of H-pyrrole nitrogens is 1. The molecule has 2 aliphatic heterocycles. The van der Waals surface area contributed by atoms with E-state index in [1.165, 1.54) is 6.21 Å². The second-order valence-corrected chi connectivity index (χ2v) is 7.51. The number of hydroxylamine groups is 2. The maximum atomic E-state index is 11.7. The zero-order chi connectivity index (χ0) is 20.0. The van der Waals surface area contributed by atoms with Gasteiger partial charge in [-0.3, -0.25) is 14.6 Å². The standard InChI is InChI=1S/C19H22N8O2/c1-26-16(2-6-22-26)15-8-14(19(28)9-12-4-7-27(11-19)29-12)13(10-20)18(23-15)24-17-3-5-21-25-17/h2-3,5-6,8,10,12,20,28H,4,7,9,11H2,1H3,(H2,21,23,24,25)/t12-,19+/m1/s1. The molecule has 2 aliphatic rings. The van der Waals surface area contributed by atoms with Crippen LogP contribution >= 0.6 is 0 Å². The summed E-state index contributed by atoms with van der Waals surface area (Å²) in [7, 11) is 1.85. The Bertz CT molecular complexity index is 1030. The van der Waals surface area contributed by atoms with Gasteiger partial charge in [-0.05, 0) is 24.1 Å². The van der Waals surface area contributed by atoms with Crippen LogP contribution in [0.3, 0.4) is 0 Å². The number of aliphatic hydroxyl groups is 1. The van der Waals surface area contributed by atoms with Crippen LogP contribution in [0.1, 0.15) is 24.0 Å². The third kappa shape index (κ3) is 3.11. The van der Waals surface area contributed by atoms with Crippen molar-refractivity contribution in [2.45, 2.75) is 24.5 Å². The number of hydrogen-bond acceptors (Lipinski definition) is 8. The normalized spacial score (nSPS) is 25.9. The molecule has 0 radical (unpaired) electrons. The first-order valence-electron chi connectivity index (χ1n) is 9.50. The zero-order valence-corrected chi connectivity index (χ0v) is 16.0. The van der Waals surface area contributed by atoms with Crippen LogP contribution in [-0.2, 0) is 17.5 Å². The van der Waals surface area contributed by atoms with Crippen LogP contribution in [0.4, 0.5) is 11.6 Å². The molecule has 0 spiro atoms. The van der Waals surface area contributed by atoms with Gasteiger partial charge in [0.2, 0.25) is 0 Å². The molecule has 0 aliphatic carbocycles. The summed E-state index contributed by atoms with van der Waals surface area (Å²) in [4.78, 5) is 10.5. The average molecular weight is 394 g/mol. The number of aromatic amines is 1. The minimum absolute atomic E-state index is 0.0235. The molecule has 1 unspecified atom stereocenters. The Hall–Kier alpha value is -3.08. The van der Waals surface area contributed by atoms with Crippen molar-refractivity contribution in [3.05, 3.63) is 41.7 Å². The van der Waals surface area contributed by atoms with Crippen LogP contribution in [-0.4, -0.2) is 60.5 Å². The lowest BCUT2D eigenvalue weighted by atomic mass is 9.84. The lowest BCUT2D eigenvalue weighted by Gasteiger charge is -2.38. The van der Waals surface area contributed by atoms with Crippen LogP contribution in [0, 0.1) is 5.41 Å². The van der Waals surface area contributed by atoms with E-state index in [0.29, 0.717) is 41.4 Å². The van der Waals surface area contributed by atoms with Gasteiger partial charge in [0.1, 0.15) is 17.2 Å². The van der Waals surface area contributed by atoms with E-state index in [4.69, 9.17) is 15.2 Å². The first-order chi connectivity index (χ1) is 14.1. The highest BCUT2D eigenvalue weighted by Crippen LogP contribution is 2.41. The molecule has 2 saturated heterocycles. The first-order valence-corrected chi connectivity index (χ1v) is 9.50. The van der Waals surface area contributed by atoms with Gasteiger partial charge in [0.25, 0.3) is 0 Å². The summed E-state index contributed by atoms with van der Waals surface area (Å²) in [5.41, 5.74) is 1.52. The molecule has 5 heterocycles. The monoisotopic (exact) mass is 394 g/mol. The Morgan fingerprint density at radius 1 is 1.41 bits per heavy atom. The summed E-state index contributed by atoms with van der Waals surface area (Å²) < 4.78 is 1.73. The smallest absolute Gasteiger partial charge is 0.141 e. The molecular formula is C19H22N8O2. The molecule has 150 valence electrons. The van der Waals surface area contributed by atoms with Crippen LogP contribution in [0.15, 0.2) is 30.6 Å². The maximum Gasteiger partial charge on any atom is 0.141 e. The Balaban J connectivity index is 1.68. The molecule has 10 heteroatoms. The van der Waals surface area contributed by atoms with E-state index in [1.807, 2.05) is 24.2 Å². The first kappa shape index (κ1) is 18.0. The van der Waals surface area contributed by atoms with E-state index in [-0.39, 0.29) is 6.10 Å². The van der Waals surface area contributed by atoms with Gasteiger partial charge < -0.3 is 15.8 Å². The van der Waals surface area contributed by atoms with Gasteiger partial charge in [-0.15, -0.1) is 0 Å². The zero-order valence-electron chi connectivity index (χ0n) is 16.0. The number of rotatable bonds is 5. The molecule has 0 saturated carbocycles. The molecule has 4 N–H and O–H groups in total. The SMILES string of the molecule is Cn1nccc1-c1cc([C@]2(O)C[C@H]3CCN(C2)O3)c(C=N)c(Nc2ccn[nH]2)n1. The van der Waals surface area contributed by atoms with Gasteiger partial charge >= 0.3 is 0 Å². The molecular weight excluding hydrogens is 372 g/mol. The molecule has 3 aromatic rings. The third-order valence-electron chi connectivity index (χ3n) is 5.54. The van der Waals surface area contributed by atoms with Crippen LogP contribution in [0.5, 0.6) is 0 Å². The van der Waals surface area contributed by atoms with E-state index in [9.17, 15) is 5.11 Å². The number of nitrogens with one attached hydrogen (secondary N) is 3. The van der Waals surface area contributed by atoms with E-state index in [1.54, 1.807) is 23.1 Å². The van der Waals surface area contributed by atoms with Gasteiger partial charge in [0.15, 0.2) is 0 Å². The Labute approximate surface area is 167 Å². The number of aryl methyl sites for hydroxylation is 1. The molecule has 0 amide bonds. The van der Waals surface area contributed by atoms with Crippen LogP contribution in [0.2, 0.25) is 0 Å². The number of anilines is 2. The maximum absolute atomic E-state index is 11.7. The fourth-order valence-corrected chi connectivity index (χ4v) is 4.18. The fourth-order valence-electron chi connectivity index (χ4n) is 4.18. The number of fused-ring (bicyclic) bond motifs is 2. The van der Waals surface area contributed by atoms with Gasteiger partial charge in [-0.1, -0.05) is 0 Å². The van der Waals surface area contributed by atoms with Gasteiger partial charge in [-0.2, -0.15) is 15.3 Å². The van der Waals surface area contributed by atoms with Crippen molar-refractivity contribution in [1.29, 1.82) is 5.41 Å². The van der Waals surface area contributed by atoms with Gasteiger partial charge in [0, 0.05) is 44.1 Å². The van der Waals surface area contributed by atoms with Crippen molar-refractivity contribution in [2.24, 2.45) is 7.05 Å².